The molecule has 0 bridgehead atoms. The van der Waals surface area contributed by atoms with Crippen molar-refractivity contribution in [2.75, 3.05) is 0 Å². The van der Waals surface area contributed by atoms with Crippen LogP contribution in [-0.4, -0.2) is 14.5 Å². The Labute approximate surface area is 132 Å². The van der Waals surface area contributed by atoms with E-state index in [1.54, 1.807) is 17.4 Å². The maximum Gasteiger partial charge on any atom is 0.178 e. The molecular weight excluding hydrogens is 361 g/mol. The molecule has 0 aliphatic carbocycles. The van der Waals surface area contributed by atoms with Gasteiger partial charge in [0, 0.05) is 24.4 Å². The Morgan fingerprint density at radius 2 is 2.30 bits per heavy atom. The van der Waals surface area contributed by atoms with Crippen molar-refractivity contribution in [3.05, 3.63) is 43.3 Å². The van der Waals surface area contributed by atoms with E-state index in [0.29, 0.717) is 15.8 Å². The van der Waals surface area contributed by atoms with Gasteiger partial charge in [0.25, 0.3) is 0 Å². The summed E-state index contributed by atoms with van der Waals surface area (Å²) in [5.74, 6) is -0.287. The van der Waals surface area contributed by atoms with E-state index in [1.807, 2.05) is 16.9 Å². The highest BCUT2D eigenvalue weighted by atomic mass is 79.9. The van der Waals surface area contributed by atoms with Gasteiger partial charge in [0.15, 0.2) is 4.77 Å². The normalized spacial score (nSPS) is 11.3. The fourth-order valence-electron chi connectivity index (χ4n) is 2.12. The standard InChI is InChI=1S/C13H11BrFN3S2/c1-7-16-8(6-20-7)2-3-18-12-5-10(15)9(14)4-11(12)17-13(18)19/h4-6H,2-3H2,1H3,(H,17,19). The number of aromatic amines is 1. The van der Waals surface area contributed by atoms with E-state index in [1.165, 1.54) is 6.07 Å². The smallest absolute Gasteiger partial charge is 0.178 e. The minimum Gasteiger partial charge on any atom is -0.331 e. The van der Waals surface area contributed by atoms with E-state index >= 15 is 0 Å². The lowest BCUT2D eigenvalue weighted by Gasteiger charge is -2.03. The van der Waals surface area contributed by atoms with Crippen molar-refractivity contribution >= 4 is 50.5 Å². The summed E-state index contributed by atoms with van der Waals surface area (Å²) in [6.45, 7) is 2.67. The molecule has 20 heavy (non-hydrogen) atoms. The van der Waals surface area contributed by atoms with E-state index in [2.05, 4.69) is 25.9 Å². The third-order valence-electron chi connectivity index (χ3n) is 3.07. The molecule has 1 N–H and O–H groups in total. The van der Waals surface area contributed by atoms with Crippen molar-refractivity contribution in [2.45, 2.75) is 19.9 Å². The van der Waals surface area contributed by atoms with E-state index in [-0.39, 0.29) is 5.82 Å². The average Bonchev–Trinajstić information content (AvgIpc) is 2.92. The van der Waals surface area contributed by atoms with E-state index in [0.717, 1.165) is 28.2 Å². The lowest BCUT2D eigenvalue weighted by molar-refractivity contribution is 0.620. The zero-order valence-electron chi connectivity index (χ0n) is 10.6. The van der Waals surface area contributed by atoms with Crippen LogP contribution in [0.4, 0.5) is 4.39 Å². The number of nitrogens with zero attached hydrogens (tertiary/aromatic N) is 2. The van der Waals surface area contributed by atoms with Gasteiger partial charge < -0.3 is 9.55 Å². The quantitative estimate of drug-likeness (QED) is 0.682. The number of nitrogens with one attached hydrogen (secondary N) is 1. The van der Waals surface area contributed by atoms with Crippen molar-refractivity contribution in [1.29, 1.82) is 0 Å². The first-order valence-electron chi connectivity index (χ1n) is 6.03. The molecule has 104 valence electrons. The zero-order chi connectivity index (χ0) is 14.3. The number of aryl methyl sites for hydroxylation is 3. The van der Waals surface area contributed by atoms with Crippen molar-refractivity contribution in [3.63, 3.8) is 0 Å². The number of benzene rings is 1. The van der Waals surface area contributed by atoms with Crippen molar-refractivity contribution in [2.24, 2.45) is 0 Å². The molecule has 2 heterocycles. The number of hydrogen-bond donors (Lipinski definition) is 1. The van der Waals surface area contributed by atoms with Crippen molar-refractivity contribution in [3.8, 4) is 0 Å². The number of halogens is 2. The number of imidazole rings is 1. The summed E-state index contributed by atoms with van der Waals surface area (Å²) in [4.78, 5) is 7.53. The molecule has 0 spiro atoms. The maximum absolute atomic E-state index is 13.7. The van der Waals surface area contributed by atoms with E-state index < -0.39 is 0 Å². The Kier molecular flexibility index (Phi) is 3.74. The molecule has 2 aromatic heterocycles. The van der Waals surface area contributed by atoms with Gasteiger partial charge >= 0.3 is 0 Å². The predicted molar refractivity (Wildman–Crippen MR) is 85.3 cm³/mol. The zero-order valence-corrected chi connectivity index (χ0v) is 13.8. The van der Waals surface area contributed by atoms with Crippen LogP contribution in [0.2, 0.25) is 0 Å². The van der Waals surface area contributed by atoms with Gasteiger partial charge in [-0.1, -0.05) is 0 Å². The number of fused-ring (bicyclic) bond motifs is 1. The predicted octanol–water partition coefficient (Wildman–Crippen LogP) is 4.61. The lowest BCUT2D eigenvalue weighted by Crippen LogP contribution is -2.02. The Morgan fingerprint density at radius 3 is 3.00 bits per heavy atom. The summed E-state index contributed by atoms with van der Waals surface area (Å²) in [5, 5.41) is 3.10. The molecule has 0 aliphatic rings. The average molecular weight is 372 g/mol. The second-order valence-corrected chi connectivity index (χ2v) is 6.78. The van der Waals surface area contributed by atoms with Crippen molar-refractivity contribution in [1.82, 2.24) is 14.5 Å². The molecule has 3 aromatic rings. The summed E-state index contributed by atoms with van der Waals surface area (Å²) in [6, 6.07) is 3.21. The van der Waals surface area contributed by atoms with Crippen LogP contribution in [0.1, 0.15) is 10.7 Å². The van der Waals surface area contributed by atoms with Crippen LogP contribution in [0.25, 0.3) is 11.0 Å². The van der Waals surface area contributed by atoms with Crippen LogP contribution >= 0.6 is 39.5 Å². The molecular formula is C13H11BrFN3S2. The molecule has 0 unspecified atom stereocenters. The van der Waals surface area contributed by atoms with Crippen LogP contribution in [0.5, 0.6) is 0 Å². The van der Waals surface area contributed by atoms with Gasteiger partial charge in [0.1, 0.15) is 5.82 Å². The van der Waals surface area contributed by atoms with Crippen LogP contribution in [0, 0.1) is 17.5 Å². The minimum atomic E-state index is -0.287. The Bertz CT molecular complexity index is 834. The highest BCUT2D eigenvalue weighted by Gasteiger charge is 2.09. The fraction of sp³-hybridized carbons (Fsp3) is 0.231. The van der Waals surface area contributed by atoms with Crippen LogP contribution in [-0.2, 0) is 13.0 Å². The Hall–Kier alpha value is -1.05. The van der Waals surface area contributed by atoms with E-state index in [9.17, 15) is 4.39 Å². The summed E-state index contributed by atoms with van der Waals surface area (Å²) in [7, 11) is 0. The highest BCUT2D eigenvalue weighted by Crippen LogP contribution is 2.23. The SMILES string of the molecule is Cc1nc(CCn2c(=S)[nH]c3cc(Br)c(F)cc32)cs1. The summed E-state index contributed by atoms with van der Waals surface area (Å²) >= 11 is 10.1. The Morgan fingerprint density at radius 1 is 1.50 bits per heavy atom. The van der Waals surface area contributed by atoms with E-state index in [4.69, 9.17) is 12.2 Å². The van der Waals surface area contributed by atoms with Gasteiger partial charge in [-0.15, -0.1) is 11.3 Å². The maximum atomic E-state index is 13.7. The van der Waals surface area contributed by atoms with Crippen LogP contribution < -0.4 is 0 Å². The second kappa shape index (κ2) is 5.38. The Balaban J connectivity index is 1.96. The molecule has 0 saturated heterocycles. The topological polar surface area (TPSA) is 33.6 Å². The summed E-state index contributed by atoms with van der Waals surface area (Å²) < 4.78 is 16.6. The second-order valence-electron chi connectivity index (χ2n) is 4.47. The van der Waals surface area contributed by atoms with Gasteiger partial charge in [-0.2, -0.15) is 0 Å². The largest absolute Gasteiger partial charge is 0.331 e. The number of rotatable bonds is 3. The van der Waals surface area contributed by atoms with Crippen LogP contribution in [0.3, 0.4) is 0 Å². The van der Waals surface area contributed by atoms with Gasteiger partial charge in [-0.25, -0.2) is 9.37 Å². The number of aromatic nitrogens is 3. The van der Waals surface area contributed by atoms with Gasteiger partial charge in [-0.3, -0.25) is 0 Å². The number of thiazole rings is 1. The van der Waals surface area contributed by atoms with Crippen LogP contribution in [0.15, 0.2) is 22.0 Å². The number of H-pyrrole nitrogens is 1. The number of hydrogen-bond acceptors (Lipinski definition) is 3. The molecule has 3 rings (SSSR count). The first-order valence-corrected chi connectivity index (χ1v) is 8.11. The molecule has 0 fully saturated rings. The minimum absolute atomic E-state index is 0.287. The van der Waals surface area contributed by atoms with Gasteiger partial charge in [0.05, 0.1) is 26.2 Å². The monoisotopic (exact) mass is 371 g/mol. The first kappa shape index (κ1) is 13.9. The summed E-state index contributed by atoms with van der Waals surface area (Å²) in [5.41, 5.74) is 2.65. The van der Waals surface area contributed by atoms with Gasteiger partial charge in [-0.05, 0) is 41.1 Å². The lowest BCUT2D eigenvalue weighted by atomic mass is 10.3. The molecule has 0 aliphatic heterocycles. The van der Waals surface area contributed by atoms with Gasteiger partial charge in [0.2, 0.25) is 0 Å². The molecule has 0 amide bonds. The third-order valence-corrected chi connectivity index (χ3v) is 4.83. The first-order chi connectivity index (χ1) is 9.54. The van der Waals surface area contributed by atoms with Crippen molar-refractivity contribution < 1.29 is 4.39 Å². The molecule has 0 atom stereocenters. The molecule has 7 heteroatoms. The fourth-order valence-corrected chi connectivity index (χ4v) is 3.41. The molecule has 1 aromatic carbocycles. The molecule has 3 nitrogen and oxygen atoms in total. The highest BCUT2D eigenvalue weighted by molar-refractivity contribution is 9.10. The summed E-state index contributed by atoms with van der Waals surface area (Å²) in [6.07, 6.45) is 0.781. The third kappa shape index (κ3) is 2.57. The molecule has 0 saturated carbocycles. The molecule has 0 radical (unpaired) electrons.